The van der Waals surface area contributed by atoms with E-state index < -0.39 is 23.5 Å². The molecule has 0 spiro atoms. The number of aliphatic carboxylic acids is 1. The number of esters is 1. The molecule has 0 amide bonds. The Labute approximate surface area is 147 Å². The fraction of sp³-hybridized carbons (Fsp3) is 0.231. The molecule has 0 aliphatic heterocycles. The molecule has 0 aliphatic rings. The molecule has 0 saturated carbocycles. The SMILES string of the molecule is CC(=O)OC(=[C]CO)c1ccc([N+](=O)[O-])cc1.CC(=O)[O-].[Hg+]. The Kier molecular flexibility index (Phi) is 12.1. The molecule has 0 aromatic heterocycles. The van der Waals surface area contributed by atoms with Gasteiger partial charge in [0.15, 0.2) is 0 Å². The topological polar surface area (TPSA) is 130 Å². The van der Waals surface area contributed by atoms with Crippen LogP contribution in [0.15, 0.2) is 24.3 Å². The van der Waals surface area contributed by atoms with E-state index in [2.05, 4.69) is 6.08 Å². The summed E-state index contributed by atoms with van der Waals surface area (Å²) in [5.74, 6) is -1.59. The number of nitro benzene ring substituents is 1. The second kappa shape index (κ2) is 11.8. The number of hydrogen-bond acceptors (Lipinski definition) is 7. The molecule has 8 nitrogen and oxygen atoms in total. The predicted octanol–water partition coefficient (Wildman–Crippen LogP) is 0.0480. The molecule has 0 aliphatic carbocycles. The minimum atomic E-state index is -1.08. The van der Waals surface area contributed by atoms with Gasteiger partial charge in [0.2, 0.25) is 0 Å². The van der Waals surface area contributed by atoms with E-state index in [9.17, 15) is 14.9 Å². The maximum atomic E-state index is 10.8. The fourth-order valence-corrected chi connectivity index (χ4v) is 1.15. The molecule has 1 aromatic carbocycles. The van der Waals surface area contributed by atoms with E-state index >= 15 is 0 Å². The van der Waals surface area contributed by atoms with Crippen LogP contribution >= 0.6 is 0 Å². The van der Waals surface area contributed by atoms with Crippen LogP contribution in [0.25, 0.3) is 5.76 Å². The van der Waals surface area contributed by atoms with Gasteiger partial charge in [-0.2, -0.15) is 0 Å². The van der Waals surface area contributed by atoms with Gasteiger partial charge in [-0.3, -0.25) is 14.9 Å². The molecule has 1 N–H and O–H groups in total. The van der Waals surface area contributed by atoms with Crippen LogP contribution in [0.5, 0.6) is 0 Å². The summed E-state index contributed by atoms with van der Waals surface area (Å²) in [6.07, 6.45) is 2.44. The molecule has 1 rings (SSSR count). The molecule has 9 heteroatoms. The summed E-state index contributed by atoms with van der Waals surface area (Å²) in [4.78, 5) is 29.6. The summed E-state index contributed by atoms with van der Waals surface area (Å²) < 4.78 is 4.81. The zero-order chi connectivity index (χ0) is 16.4. The monoisotopic (exact) mass is 497 g/mol. The Hall–Kier alpha value is -1.80. The zero-order valence-corrected chi connectivity index (χ0v) is 17.6. The van der Waals surface area contributed by atoms with Crippen LogP contribution in [0.1, 0.15) is 19.4 Å². The smallest absolute Gasteiger partial charge is 0.550 e. The van der Waals surface area contributed by atoms with Crippen molar-refractivity contribution in [2.24, 2.45) is 0 Å². The zero-order valence-electron chi connectivity index (χ0n) is 12.1. The number of non-ortho nitro benzene ring substituents is 1. The Morgan fingerprint density at radius 2 is 1.73 bits per heavy atom. The molecule has 2 radical (unpaired) electrons. The predicted molar refractivity (Wildman–Crippen MR) is 69.3 cm³/mol. The van der Waals surface area contributed by atoms with Crippen molar-refractivity contribution in [2.75, 3.05) is 6.61 Å². The summed E-state index contributed by atoms with van der Waals surface area (Å²) in [6, 6.07) is 5.38. The van der Waals surface area contributed by atoms with Crippen molar-refractivity contribution in [3.05, 3.63) is 46.0 Å². The number of aliphatic hydroxyl groups excluding tert-OH is 1. The summed E-state index contributed by atoms with van der Waals surface area (Å²) >= 11 is 0. The Morgan fingerprint density at radius 1 is 1.27 bits per heavy atom. The van der Waals surface area contributed by atoms with Gasteiger partial charge >= 0.3 is 33.6 Å². The summed E-state index contributed by atoms with van der Waals surface area (Å²) in [5.41, 5.74) is 0.361. The third-order valence-electron chi connectivity index (χ3n) is 1.83. The summed E-state index contributed by atoms with van der Waals surface area (Å²) in [5, 5.41) is 28.1. The average Bonchev–Trinajstić information content (AvgIpc) is 2.37. The van der Waals surface area contributed by atoms with Crippen LogP contribution in [0.4, 0.5) is 5.69 Å². The second-order valence-electron chi connectivity index (χ2n) is 3.55. The first-order valence-electron chi connectivity index (χ1n) is 5.60. The normalized spacial score (nSPS) is 9.68. The number of hydrogen-bond donors (Lipinski definition) is 1. The first-order valence-corrected chi connectivity index (χ1v) is 5.60. The van der Waals surface area contributed by atoms with Gasteiger partial charge < -0.3 is 19.7 Å². The first kappa shape index (κ1) is 22.5. The number of ether oxygens (including phenoxy) is 1. The molecular formula is C13H13HgNO7. The van der Waals surface area contributed by atoms with E-state index in [1.807, 2.05) is 0 Å². The van der Waals surface area contributed by atoms with Crippen LogP contribution in [0, 0.1) is 16.2 Å². The van der Waals surface area contributed by atoms with Gasteiger partial charge in [-0.25, -0.2) is 0 Å². The van der Waals surface area contributed by atoms with Crippen molar-refractivity contribution >= 4 is 23.4 Å². The molecule has 0 unspecified atom stereocenters. The number of carbonyl (C=O) groups excluding carboxylic acids is 2. The summed E-state index contributed by atoms with van der Waals surface area (Å²) in [6.45, 7) is 1.77. The van der Waals surface area contributed by atoms with Crippen molar-refractivity contribution in [1.82, 2.24) is 0 Å². The van der Waals surface area contributed by atoms with Crippen molar-refractivity contribution in [1.29, 1.82) is 0 Å². The van der Waals surface area contributed by atoms with E-state index in [0.29, 0.717) is 5.56 Å². The minimum absolute atomic E-state index is 0. The van der Waals surface area contributed by atoms with Crippen molar-refractivity contribution < 1.29 is 57.1 Å². The maximum Gasteiger partial charge on any atom is 1.00 e. The van der Waals surface area contributed by atoms with Gasteiger partial charge in [0.05, 0.1) is 11.5 Å². The number of nitrogens with zero attached hydrogens (tertiary/aromatic N) is 1. The van der Waals surface area contributed by atoms with Gasteiger partial charge in [0.25, 0.3) is 5.69 Å². The maximum absolute atomic E-state index is 10.8. The Balaban J connectivity index is 0. The van der Waals surface area contributed by atoms with Gasteiger partial charge in [-0.1, -0.05) is 0 Å². The molecule has 0 heterocycles. The molecule has 0 bridgehead atoms. The minimum Gasteiger partial charge on any atom is -0.550 e. The van der Waals surface area contributed by atoms with Gasteiger partial charge in [-0.05, 0) is 19.1 Å². The van der Waals surface area contributed by atoms with E-state index in [1.54, 1.807) is 0 Å². The average molecular weight is 496 g/mol. The van der Waals surface area contributed by atoms with Crippen molar-refractivity contribution in [3.8, 4) is 0 Å². The van der Waals surface area contributed by atoms with Gasteiger partial charge in [0.1, 0.15) is 5.76 Å². The number of aliphatic hydroxyl groups is 1. The van der Waals surface area contributed by atoms with Gasteiger partial charge in [0, 0.05) is 36.7 Å². The number of carboxylic acids is 1. The molecule has 0 fully saturated rings. The van der Waals surface area contributed by atoms with Crippen LogP contribution in [-0.2, 0) is 42.0 Å². The number of benzene rings is 1. The van der Waals surface area contributed by atoms with Crippen molar-refractivity contribution in [2.45, 2.75) is 13.8 Å². The Bertz CT molecular complexity index is 536. The molecule has 1 aromatic rings. The van der Waals surface area contributed by atoms with E-state index in [4.69, 9.17) is 19.7 Å². The quantitative estimate of drug-likeness (QED) is 0.205. The first-order chi connectivity index (χ1) is 9.77. The van der Waals surface area contributed by atoms with Crippen LogP contribution in [0.2, 0.25) is 0 Å². The molecule has 0 atom stereocenters. The standard InChI is InChI=1S/C11H10NO5.C2H4O2.Hg/c1-8(14)17-11(6-7-13)9-2-4-10(5-3-9)12(15)16;1-2(3)4;/h2-5,13H,7H2,1H3;1H3,(H,3,4);/q;;+1/p-1. The number of nitro groups is 1. The van der Waals surface area contributed by atoms with Crippen molar-refractivity contribution in [3.63, 3.8) is 0 Å². The number of carbonyl (C=O) groups is 2. The second-order valence-corrected chi connectivity index (χ2v) is 3.55. The Morgan fingerprint density at radius 3 is 2.05 bits per heavy atom. The largest absolute Gasteiger partial charge is 1.00 e. The molecule has 0 saturated heterocycles. The number of carboxylic acid groups (broad SMARTS) is 1. The molecular weight excluding hydrogens is 483 g/mol. The van der Waals surface area contributed by atoms with Gasteiger partial charge in [-0.15, -0.1) is 0 Å². The fourth-order valence-electron chi connectivity index (χ4n) is 1.15. The number of rotatable bonds is 4. The third kappa shape index (κ3) is 10.00. The van der Waals surface area contributed by atoms with E-state index in [-0.39, 0.29) is 39.1 Å². The third-order valence-corrected chi connectivity index (χ3v) is 1.83. The van der Waals surface area contributed by atoms with Crippen LogP contribution < -0.4 is 5.11 Å². The van der Waals surface area contributed by atoms with E-state index in [0.717, 1.165) is 6.92 Å². The summed E-state index contributed by atoms with van der Waals surface area (Å²) in [7, 11) is 0. The van der Waals surface area contributed by atoms with E-state index in [1.165, 1.54) is 31.2 Å². The van der Waals surface area contributed by atoms with Crippen LogP contribution in [0.3, 0.4) is 0 Å². The molecule has 22 heavy (non-hydrogen) atoms. The van der Waals surface area contributed by atoms with Crippen LogP contribution in [-0.4, -0.2) is 28.6 Å². The molecule has 114 valence electrons.